The van der Waals surface area contributed by atoms with Crippen molar-refractivity contribution in [3.63, 3.8) is 0 Å². The Bertz CT molecular complexity index is 167. The van der Waals surface area contributed by atoms with Gasteiger partial charge in [-0.05, 0) is 19.9 Å². The highest BCUT2D eigenvalue weighted by molar-refractivity contribution is 7.99. The topological polar surface area (TPSA) is 12.0 Å². The molecule has 0 spiro atoms. The fourth-order valence-corrected chi connectivity index (χ4v) is 3.07. The van der Waals surface area contributed by atoms with Crippen LogP contribution in [0, 0.1) is 12.3 Å². The summed E-state index contributed by atoms with van der Waals surface area (Å²) in [5.41, 5.74) is 0. The number of nitrogens with one attached hydrogen (secondary N) is 1. The van der Waals surface area contributed by atoms with Gasteiger partial charge in [0.05, 0.1) is 6.04 Å². The molecule has 0 heterocycles. The minimum Gasteiger partial charge on any atom is -0.306 e. The molecule has 0 aromatic heterocycles. The van der Waals surface area contributed by atoms with Crippen LogP contribution in [0.3, 0.4) is 0 Å². The molecule has 0 bridgehead atoms. The summed E-state index contributed by atoms with van der Waals surface area (Å²) in [7, 11) is 1.94. The number of rotatable bonds is 4. The van der Waals surface area contributed by atoms with Crippen LogP contribution in [-0.4, -0.2) is 24.1 Å². The van der Waals surface area contributed by atoms with Crippen LogP contribution in [0.4, 0.5) is 0 Å². The van der Waals surface area contributed by atoms with Gasteiger partial charge in [-0.3, -0.25) is 0 Å². The van der Waals surface area contributed by atoms with Crippen molar-refractivity contribution < 1.29 is 0 Å². The van der Waals surface area contributed by atoms with Crippen LogP contribution < -0.4 is 5.32 Å². The predicted octanol–water partition coefficient (Wildman–Crippen LogP) is 2.27. The molecule has 74 valence electrons. The summed E-state index contributed by atoms with van der Waals surface area (Å²) < 4.78 is 0. The normalized spacial score (nSPS) is 20.9. The Morgan fingerprint density at radius 2 is 2.15 bits per heavy atom. The maximum atomic E-state index is 5.37. The molecule has 13 heavy (non-hydrogen) atoms. The van der Waals surface area contributed by atoms with Crippen molar-refractivity contribution in [2.75, 3.05) is 12.8 Å². The third-order valence-electron chi connectivity index (χ3n) is 2.60. The summed E-state index contributed by atoms with van der Waals surface area (Å²) in [6.07, 6.45) is 12.4. The van der Waals surface area contributed by atoms with Crippen LogP contribution in [-0.2, 0) is 0 Å². The molecule has 0 aromatic carbocycles. The van der Waals surface area contributed by atoms with Crippen molar-refractivity contribution in [1.82, 2.24) is 5.32 Å². The van der Waals surface area contributed by atoms with E-state index in [1.165, 1.54) is 32.1 Å². The zero-order valence-electron chi connectivity index (χ0n) is 8.38. The summed E-state index contributed by atoms with van der Waals surface area (Å²) in [5, 5.41) is 4.01. The maximum absolute atomic E-state index is 5.37. The van der Waals surface area contributed by atoms with Gasteiger partial charge in [-0.25, -0.2) is 0 Å². The molecule has 2 heteroatoms. The summed E-state index contributed by atoms with van der Waals surface area (Å²) >= 11 is 2.05. The maximum Gasteiger partial charge on any atom is 0.0776 e. The molecule has 1 saturated carbocycles. The van der Waals surface area contributed by atoms with Gasteiger partial charge in [0.2, 0.25) is 0 Å². The van der Waals surface area contributed by atoms with E-state index in [0.717, 1.165) is 11.0 Å². The quantitative estimate of drug-likeness (QED) is 0.694. The van der Waals surface area contributed by atoms with E-state index in [9.17, 15) is 0 Å². The second-order valence-corrected chi connectivity index (χ2v) is 4.93. The lowest BCUT2D eigenvalue weighted by Crippen LogP contribution is -2.27. The smallest absolute Gasteiger partial charge is 0.0776 e. The highest BCUT2D eigenvalue weighted by Crippen LogP contribution is 2.28. The molecule has 1 rings (SSSR count). The van der Waals surface area contributed by atoms with Crippen LogP contribution in [0.15, 0.2) is 0 Å². The van der Waals surface area contributed by atoms with Crippen molar-refractivity contribution in [1.29, 1.82) is 0 Å². The molecule has 0 aromatic rings. The average molecular weight is 197 g/mol. The first-order valence-electron chi connectivity index (χ1n) is 5.12. The molecule has 1 unspecified atom stereocenters. The molecule has 1 aliphatic rings. The summed E-state index contributed by atoms with van der Waals surface area (Å²) in [6.45, 7) is 0. The first kappa shape index (κ1) is 10.9. The van der Waals surface area contributed by atoms with E-state index in [2.05, 4.69) is 11.2 Å². The summed E-state index contributed by atoms with van der Waals surface area (Å²) in [6, 6.07) is 0.256. The standard InChI is InChI=1S/C11H19NS/c1-3-10(12-2)9-13-11-7-5-4-6-8-11/h1,10-12H,4-9H2,2H3. The van der Waals surface area contributed by atoms with Crippen LogP contribution in [0.25, 0.3) is 0 Å². The lowest BCUT2D eigenvalue weighted by atomic mass is 10.0. The van der Waals surface area contributed by atoms with Crippen molar-refractivity contribution in [3.05, 3.63) is 0 Å². The van der Waals surface area contributed by atoms with E-state index < -0.39 is 0 Å². The monoisotopic (exact) mass is 197 g/mol. The molecular weight excluding hydrogens is 178 g/mol. The van der Waals surface area contributed by atoms with Crippen LogP contribution >= 0.6 is 11.8 Å². The first-order chi connectivity index (χ1) is 6.36. The molecule has 1 nitrogen and oxygen atoms in total. The van der Waals surface area contributed by atoms with E-state index in [4.69, 9.17) is 6.42 Å². The molecular formula is C11H19NS. The van der Waals surface area contributed by atoms with Crippen LogP contribution in [0.2, 0.25) is 0 Å². The number of hydrogen-bond acceptors (Lipinski definition) is 2. The van der Waals surface area contributed by atoms with Gasteiger partial charge >= 0.3 is 0 Å². The van der Waals surface area contributed by atoms with Crippen molar-refractivity contribution in [2.24, 2.45) is 0 Å². The van der Waals surface area contributed by atoms with Gasteiger partial charge in [-0.2, -0.15) is 11.8 Å². The van der Waals surface area contributed by atoms with E-state index in [-0.39, 0.29) is 6.04 Å². The highest BCUT2D eigenvalue weighted by atomic mass is 32.2. The Morgan fingerprint density at radius 1 is 1.46 bits per heavy atom. The minimum atomic E-state index is 0.256. The zero-order valence-corrected chi connectivity index (χ0v) is 9.20. The molecule has 1 atom stereocenters. The lowest BCUT2D eigenvalue weighted by Gasteiger charge is -2.22. The van der Waals surface area contributed by atoms with E-state index >= 15 is 0 Å². The molecule has 1 aliphatic carbocycles. The Balaban J connectivity index is 2.13. The van der Waals surface area contributed by atoms with Gasteiger partial charge in [-0.1, -0.05) is 25.2 Å². The Hall–Kier alpha value is -0.130. The Morgan fingerprint density at radius 3 is 2.69 bits per heavy atom. The van der Waals surface area contributed by atoms with Crippen molar-refractivity contribution in [2.45, 2.75) is 43.4 Å². The van der Waals surface area contributed by atoms with Crippen LogP contribution in [0.5, 0.6) is 0 Å². The van der Waals surface area contributed by atoms with Crippen LogP contribution in [0.1, 0.15) is 32.1 Å². The molecule has 0 amide bonds. The highest BCUT2D eigenvalue weighted by Gasteiger charge is 2.14. The fraction of sp³-hybridized carbons (Fsp3) is 0.818. The lowest BCUT2D eigenvalue weighted by molar-refractivity contribution is 0.515. The average Bonchev–Trinajstić information content (AvgIpc) is 2.21. The van der Waals surface area contributed by atoms with Gasteiger partial charge in [0.15, 0.2) is 0 Å². The van der Waals surface area contributed by atoms with E-state index in [1.54, 1.807) is 0 Å². The first-order valence-corrected chi connectivity index (χ1v) is 6.16. The molecule has 0 aliphatic heterocycles. The molecule has 0 saturated heterocycles. The number of terminal acetylenes is 1. The molecule has 1 N–H and O–H groups in total. The zero-order chi connectivity index (χ0) is 9.52. The predicted molar refractivity (Wildman–Crippen MR) is 61.0 cm³/mol. The third-order valence-corrected chi connectivity index (χ3v) is 4.07. The van der Waals surface area contributed by atoms with E-state index in [0.29, 0.717) is 0 Å². The van der Waals surface area contributed by atoms with Gasteiger partial charge in [0, 0.05) is 11.0 Å². The SMILES string of the molecule is C#CC(CSC1CCCCC1)NC. The second-order valence-electron chi connectivity index (χ2n) is 3.60. The van der Waals surface area contributed by atoms with Gasteiger partial charge in [0.1, 0.15) is 0 Å². The largest absolute Gasteiger partial charge is 0.306 e. The van der Waals surface area contributed by atoms with Gasteiger partial charge in [0.25, 0.3) is 0 Å². The number of hydrogen-bond donors (Lipinski definition) is 1. The molecule has 0 radical (unpaired) electrons. The van der Waals surface area contributed by atoms with Gasteiger partial charge < -0.3 is 5.32 Å². The van der Waals surface area contributed by atoms with Crippen molar-refractivity contribution >= 4 is 11.8 Å². The van der Waals surface area contributed by atoms with Gasteiger partial charge in [-0.15, -0.1) is 6.42 Å². The van der Waals surface area contributed by atoms with E-state index in [1.807, 2.05) is 18.8 Å². The summed E-state index contributed by atoms with van der Waals surface area (Å²) in [4.78, 5) is 0. The Labute approximate surface area is 86.1 Å². The molecule has 1 fully saturated rings. The number of thioether (sulfide) groups is 1. The second kappa shape index (κ2) is 6.34. The summed E-state index contributed by atoms with van der Waals surface area (Å²) in [5.74, 6) is 3.83. The Kier molecular flexibility index (Phi) is 5.34. The van der Waals surface area contributed by atoms with Crippen molar-refractivity contribution in [3.8, 4) is 12.3 Å². The fourth-order valence-electron chi connectivity index (χ4n) is 1.68. The third kappa shape index (κ3) is 4.06. The minimum absolute atomic E-state index is 0.256.